The van der Waals surface area contributed by atoms with Gasteiger partial charge in [-0.05, 0) is 50.2 Å². The molecule has 0 radical (unpaired) electrons. The maximum Gasteiger partial charge on any atom is 0.116 e. The number of aromatic nitrogens is 7. The van der Waals surface area contributed by atoms with E-state index in [1.165, 1.54) is 0 Å². The highest BCUT2D eigenvalue weighted by atomic mass is 15.1. The number of hydrogen-bond donors (Lipinski definition) is 3. The molecule has 0 saturated heterocycles. The second-order valence-corrected chi connectivity index (χ2v) is 8.49. The van der Waals surface area contributed by atoms with Crippen molar-refractivity contribution in [2.24, 2.45) is 0 Å². The normalized spacial score (nSPS) is 11.5. The van der Waals surface area contributed by atoms with Gasteiger partial charge in [-0.1, -0.05) is 0 Å². The molecule has 8 nitrogen and oxygen atoms in total. The van der Waals surface area contributed by atoms with Gasteiger partial charge in [0, 0.05) is 64.4 Å². The van der Waals surface area contributed by atoms with Crippen molar-refractivity contribution in [3.8, 4) is 33.9 Å². The van der Waals surface area contributed by atoms with Gasteiger partial charge in [0.25, 0.3) is 0 Å². The van der Waals surface area contributed by atoms with Crippen molar-refractivity contribution in [3.05, 3.63) is 73.6 Å². The van der Waals surface area contributed by atoms with Gasteiger partial charge in [0.1, 0.15) is 5.69 Å². The first-order valence-corrected chi connectivity index (χ1v) is 11.1. The lowest BCUT2D eigenvalue weighted by molar-refractivity contribution is 0.898. The van der Waals surface area contributed by atoms with E-state index in [0.717, 1.165) is 61.4 Å². The molecule has 6 heterocycles. The van der Waals surface area contributed by atoms with Crippen LogP contribution in [0.5, 0.6) is 0 Å². The zero-order chi connectivity index (χ0) is 23.1. The lowest BCUT2D eigenvalue weighted by Crippen LogP contribution is -2.09. The number of aromatic amines is 2. The van der Waals surface area contributed by atoms with Crippen molar-refractivity contribution >= 4 is 27.5 Å². The van der Waals surface area contributed by atoms with Crippen LogP contribution >= 0.6 is 0 Å². The highest BCUT2D eigenvalue weighted by Crippen LogP contribution is 2.33. The van der Waals surface area contributed by atoms with E-state index in [-0.39, 0.29) is 0 Å². The first-order valence-electron chi connectivity index (χ1n) is 11.1. The van der Waals surface area contributed by atoms with Gasteiger partial charge in [-0.25, -0.2) is 0 Å². The second kappa shape index (κ2) is 8.08. The van der Waals surface area contributed by atoms with Gasteiger partial charge in [-0.2, -0.15) is 5.10 Å². The number of fused-ring (bicyclic) bond motifs is 2. The highest BCUT2D eigenvalue weighted by molar-refractivity contribution is 6.00. The van der Waals surface area contributed by atoms with Crippen molar-refractivity contribution in [1.29, 1.82) is 0 Å². The molecule has 0 saturated carbocycles. The van der Waals surface area contributed by atoms with E-state index in [1.54, 1.807) is 12.4 Å². The van der Waals surface area contributed by atoms with Crippen LogP contribution in [0, 0.1) is 0 Å². The van der Waals surface area contributed by atoms with Gasteiger partial charge in [-0.15, -0.1) is 0 Å². The van der Waals surface area contributed by atoms with E-state index in [2.05, 4.69) is 72.5 Å². The molecule has 0 fully saturated rings. The molecule has 0 amide bonds. The molecule has 6 rings (SSSR count). The van der Waals surface area contributed by atoms with Gasteiger partial charge < -0.3 is 10.3 Å². The maximum absolute atomic E-state index is 4.64. The third-order valence-corrected chi connectivity index (χ3v) is 5.69. The molecule has 3 N–H and O–H groups in total. The van der Waals surface area contributed by atoms with Crippen molar-refractivity contribution in [2.75, 3.05) is 5.32 Å². The summed E-state index contributed by atoms with van der Waals surface area (Å²) in [4.78, 5) is 21.3. The van der Waals surface area contributed by atoms with Crippen LogP contribution in [-0.4, -0.2) is 41.2 Å². The Balaban J connectivity index is 1.45. The monoisotopic (exact) mass is 446 g/mol. The van der Waals surface area contributed by atoms with Crippen LogP contribution < -0.4 is 5.32 Å². The lowest BCUT2D eigenvalue weighted by Gasteiger charge is -2.10. The van der Waals surface area contributed by atoms with E-state index < -0.39 is 0 Å². The average Bonchev–Trinajstić information content (AvgIpc) is 3.48. The molecule has 6 aromatic rings. The van der Waals surface area contributed by atoms with E-state index in [1.807, 2.05) is 43.0 Å². The van der Waals surface area contributed by atoms with Crippen LogP contribution in [0.1, 0.15) is 13.8 Å². The first kappa shape index (κ1) is 20.0. The van der Waals surface area contributed by atoms with Gasteiger partial charge in [0.05, 0.1) is 34.5 Å². The number of rotatable bonds is 5. The largest absolute Gasteiger partial charge is 0.382 e. The summed E-state index contributed by atoms with van der Waals surface area (Å²) in [5.41, 5.74) is 8.29. The van der Waals surface area contributed by atoms with Crippen molar-refractivity contribution in [1.82, 2.24) is 35.1 Å². The van der Waals surface area contributed by atoms with Crippen LogP contribution in [0.2, 0.25) is 0 Å². The molecule has 0 aliphatic rings. The smallest absolute Gasteiger partial charge is 0.116 e. The Kier molecular flexibility index (Phi) is 4.76. The second-order valence-electron chi connectivity index (χ2n) is 8.49. The quantitative estimate of drug-likeness (QED) is 0.325. The molecule has 0 spiro atoms. The predicted octanol–water partition coefficient (Wildman–Crippen LogP) is 5.45. The summed E-state index contributed by atoms with van der Waals surface area (Å²) in [6.45, 7) is 4.20. The first-order chi connectivity index (χ1) is 16.7. The Labute approximate surface area is 195 Å². The molecule has 0 aliphatic heterocycles. The molecule has 0 aromatic carbocycles. The topological polar surface area (TPSA) is 108 Å². The standard InChI is InChI=1S/C26H22N8/c1-15(2)31-18-9-17(12-28-13-18)22-10-20-24(14-30-22)33-34-26(20)23-11-19-21(32-23)5-8-29-25(19)16-3-6-27-7-4-16/h3-15,31-32H,1-2H3,(H,33,34). The summed E-state index contributed by atoms with van der Waals surface area (Å²) in [5.74, 6) is 0. The molecule has 0 unspecified atom stereocenters. The Bertz CT molecular complexity index is 1610. The minimum Gasteiger partial charge on any atom is -0.382 e. The highest BCUT2D eigenvalue weighted by Gasteiger charge is 2.15. The zero-order valence-corrected chi connectivity index (χ0v) is 18.7. The minimum absolute atomic E-state index is 0.321. The molecule has 0 bridgehead atoms. The molecule has 166 valence electrons. The number of nitrogens with zero attached hydrogens (tertiary/aromatic N) is 5. The van der Waals surface area contributed by atoms with E-state index in [9.17, 15) is 0 Å². The van der Waals surface area contributed by atoms with Crippen molar-refractivity contribution < 1.29 is 0 Å². The van der Waals surface area contributed by atoms with Gasteiger partial charge >= 0.3 is 0 Å². The summed E-state index contributed by atoms with van der Waals surface area (Å²) < 4.78 is 0. The molecule has 34 heavy (non-hydrogen) atoms. The van der Waals surface area contributed by atoms with Crippen LogP contribution in [-0.2, 0) is 0 Å². The molecular weight excluding hydrogens is 424 g/mol. The number of hydrogen-bond acceptors (Lipinski definition) is 6. The summed E-state index contributed by atoms with van der Waals surface area (Å²) in [6.07, 6.45) is 10.8. The molecular formula is C26H22N8. The van der Waals surface area contributed by atoms with Crippen LogP contribution in [0.4, 0.5) is 5.69 Å². The lowest BCUT2D eigenvalue weighted by atomic mass is 10.1. The predicted molar refractivity (Wildman–Crippen MR) is 134 cm³/mol. The molecule has 8 heteroatoms. The van der Waals surface area contributed by atoms with Gasteiger partial charge in [-0.3, -0.25) is 25.0 Å². The number of anilines is 1. The van der Waals surface area contributed by atoms with E-state index in [4.69, 9.17) is 0 Å². The summed E-state index contributed by atoms with van der Waals surface area (Å²) in [5, 5.41) is 13.1. The number of pyridine rings is 4. The maximum atomic E-state index is 4.64. The summed E-state index contributed by atoms with van der Waals surface area (Å²) in [6, 6.07) is 12.4. The molecule has 0 atom stereocenters. The Hall–Kier alpha value is -4.59. The Morgan fingerprint density at radius 1 is 0.765 bits per heavy atom. The van der Waals surface area contributed by atoms with Crippen LogP contribution in [0.3, 0.4) is 0 Å². The van der Waals surface area contributed by atoms with Crippen LogP contribution in [0.25, 0.3) is 55.7 Å². The fraction of sp³-hybridized carbons (Fsp3) is 0.115. The molecule has 0 aliphatic carbocycles. The third-order valence-electron chi connectivity index (χ3n) is 5.69. The number of nitrogens with one attached hydrogen (secondary N) is 3. The fourth-order valence-corrected chi connectivity index (χ4v) is 4.19. The fourth-order valence-electron chi connectivity index (χ4n) is 4.19. The summed E-state index contributed by atoms with van der Waals surface area (Å²) in [7, 11) is 0. The van der Waals surface area contributed by atoms with Crippen LogP contribution in [0.15, 0.2) is 73.6 Å². The summed E-state index contributed by atoms with van der Waals surface area (Å²) >= 11 is 0. The SMILES string of the molecule is CC(C)Nc1cncc(-c2cc3c(-c4cc5c(-c6ccncc6)nccc5[nH]4)n[nH]c3cn2)c1. The van der Waals surface area contributed by atoms with Crippen molar-refractivity contribution in [2.45, 2.75) is 19.9 Å². The number of H-pyrrole nitrogens is 2. The van der Waals surface area contributed by atoms with Gasteiger partial charge in [0.2, 0.25) is 0 Å². The van der Waals surface area contributed by atoms with Gasteiger partial charge in [0.15, 0.2) is 0 Å². The minimum atomic E-state index is 0.321. The zero-order valence-electron chi connectivity index (χ0n) is 18.7. The van der Waals surface area contributed by atoms with E-state index in [0.29, 0.717) is 6.04 Å². The van der Waals surface area contributed by atoms with Crippen molar-refractivity contribution in [3.63, 3.8) is 0 Å². The average molecular weight is 447 g/mol. The Morgan fingerprint density at radius 3 is 2.47 bits per heavy atom. The third kappa shape index (κ3) is 3.55. The Morgan fingerprint density at radius 2 is 1.62 bits per heavy atom. The van der Waals surface area contributed by atoms with E-state index >= 15 is 0 Å². The molecule has 6 aromatic heterocycles.